The third-order valence-corrected chi connectivity index (χ3v) is 4.93. The molecule has 8 nitrogen and oxygen atoms in total. The smallest absolute Gasteiger partial charge is 0.407 e. The summed E-state index contributed by atoms with van der Waals surface area (Å²) in [5, 5.41) is 20.3. The quantitative estimate of drug-likeness (QED) is 0.877. The van der Waals surface area contributed by atoms with Crippen LogP contribution in [0.1, 0.15) is 6.42 Å². The second-order valence-electron chi connectivity index (χ2n) is 5.44. The molecule has 0 spiro atoms. The zero-order chi connectivity index (χ0) is 17.1. The summed E-state index contributed by atoms with van der Waals surface area (Å²) >= 11 is 1.53. The number of aromatic nitrogens is 1. The number of rotatable bonds is 4. The van der Waals surface area contributed by atoms with E-state index in [9.17, 15) is 14.7 Å². The van der Waals surface area contributed by atoms with Crippen LogP contribution in [0.25, 0.3) is 10.2 Å². The van der Waals surface area contributed by atoms with E-state index >= 15 is 0 Å². The number of hydrogen-bond donors (Lipinski definition) is 2. The Kier molecular flexibility index (Phi) is 4.70. The van der Waals surface area contributed by atoms with E-state index in [1.807, 2.05) is 11.4 Å². The van der Waals surface area contributed by atoms with E-state index in [0.29, 0.717) is 18.8 Å². The molecule has 0 saturated carbocycles. The molecule has 0 unspecified atom stereocenters. The maximum atomic E-state index is 11.3. The van der Waals surface area contributed by atoms with Crippen LogP contribution >= 0.6 is 11.3 Å². The summed E-state index contributed by atoms with van der Waals surface area (Å²) in [6, 6.07) is 3.27. The normalized spacial score (nSPS) is 17.9. The fourth-order valence-corrected chi connectivity index (χ4v) is 3.61. The number of nitrogens with zero attached hydrogens (tertiary/aromatic N) is 3. The molecule has 128 valence electrons. The topological polar surface area (TPSA) is 103 Å². The van der Waals surface area contributed by atoms with Gasteiger partial charge in [0.05, 0.1) is 22.9 Å². The monoisotopic (exact) mass is 351 g/mol. The molecule has 9 heteroatoms. The van der Waals surface area contributed by atoms with Crippen molar-refractivity contribution < 1.29 is 24.5 Å². The van der Waals surface area contributed by atoms with Crippen LogP contribution in [0, 0.1) is 0 Å². The average Bonchev–Trinajstić information content (AvgIpc) is 3.04. The molecular formula is C15H17N3O5S. The van der Waals surface area contributed by atoms with Gasteiger partial charge in [-0.05, 0) is 17.5 Å². The van der Waals surface area contributed by atoms with Crippen LogP contribution in [0.4, 0.5) is 9.59 Å². The lowest BCUT2D eigenvalue weighted by Gasteiger charge is -2.38. The molecule has 2 aromatic rings. The van der Waals surface area contributed by atoms with Crippen molar-refractivity contribution in [2.24, 2.45) is 0 Å². The molecule has 2 amide bonds. The zero-order valence-corrected chi connectivity index (χ0v) is 13.6. The molecule has 1 aliphatic heterocycles. The highest BCUT2D eigenvalue weighted by atomic mass is 32.1. The number of amides is 2. The van der Waals surface area contributed by atoms with Crippen molar-refractivity contribution in [1.29, 1.82) is 0 Å². The van der Waals surface area contributed by atoms with Crippen LogP contribution in [-0.2, 0) is 0 Å². The van der Waals surface area contributed by atoms with Crippen molar-refractivity contribution in [3.8, 4) is 5.75 Å². The lowest BCUT2D eigenvalue weighted by Crippen LogP contribution is -2.56. The summed E-state index contributed by atoms with van der Waals surface area (Å²) in [7, 11) is 0. The number of hydrogen-bond acceptors (Lipinski definition) is 5. The molecule has 3 heterocycles. The van der Waals surface area contributed by atoms with Gasteiger partial charge in [-0.15, -0.1) is 11.3 Å². The lowest BCUT2D eigenvalue weighted by molar-refractivity contribution is 0.0563. The molecule has 0 bridgehead atoms. The number of carboxylic acid groups (broad SMARTS) is 2. The van der Waals surface area contributed by atoms with Crippen molar-refractivity contribution in [1.82, 2.24) is 14.8 Å². The van der Waals surface area contributed by atoms with Crippen molar-refractivity contribution >= 4 is 33.7 Å². The van der Waals surface area contributed by atoms with Gasteiger partial charge >= 0.3 is 12.2 Å². The minimum absolute atomic E-state index is 0.162. The molecule has 1 atom stereocenters. The van der Waals surface area contributed by atoms with Crippen molar-refractivity contribution in [3.63, 3.8) is 0 Å². The minimum Gasteiger partial charge on any atom is -0.492 e. The van der Waals surface area contributed by atoms with Gasteiger partial charge in [-0.2, -0.15) is 0 Å². The van der Waals surface area contributed by atoms with Crippen LogP contribution < -0.4 is 4.74 Å². The van der Waals surface area contributed by atoms with E-state index < -0.39 is 18.2 Å². The Balaban J connectivity index is 1.63. The largest absolute Gasteiger partial charge is 0.492 e. The first-order valence-electron chi connectivity index (χ1n) is 7.48. The third kappa shape index (κ3) is 3.35. The van der Waals surface area contributed by atoms with Gasteiger partial charge in [0.2, 0.25) is 0 Å². The Hall–Kier alpha value is -2.55. The van der Waals surface area contributed by atoms with Gasteiger partial charge in [-0.1, -0.05) is 0 Å². The predicted molar refractivity (Wildman–Crippen MR) is 87.8 cm³/mol. The van der Waals surface area contributed by atoms with Gasteiger partial charge in [-0.25, -0.2) is 9.59 Å². The average molecular weight is 351 g/mol. The molecule has 0 aromatic carbocycles. The molecule has 1 aliphatic rings. The number of piperazine rings is 1. The SMILES string of the molecule is O=C(O)N1CCN(C(=O)O)[C@H](CCOc2ccnc3ccsc23)C1. The van der Waals surface area contributed by atoms with E-state index in [-0.39, 0.29) is 19.6 Å². The number of pyridine rings is 1. The first-order chi connectivity index (χ1) is 11.6. The summed E-state index contributed by atoms with van der Waals surface area (Å²) in [5.74, 6) is 0.711. The first kappa shape index (κ1) is 16.3. The van der Waals surface area contributed by atoms with Crippen LogP contribution in [0.3, 0.4) is 0 Å². The van der Waals surface area contributed by atoms with Crippen LogP contribution in [0.2, 0.25) is 0 Å². The Labute approximate surface area is 141 Å². The molecule has 2 aromatic heterocycles. The molecular weight excluding hydrogens is 334 g/mol. The highest BCUT2D eigenvalue weighted by molar-refractivity contribution is 7.17. The summed E-state index contributed by atoms with van der Waals surface area (Å²) in [6.07, 6.45) is 0.0291. The van der Waals surface area contributed by atoms with E-state index in [1.54, 1.807) is 12.3 Å². The standard InChI is InChI=1S/C15H17N3O5S/c19-14(20)17-5-6-18(15(21)22)10(9-17)2-7-23-12-1-4-16-11-3-8-24-13(11)12/h1,3-4,8,10H,2,5-7,9H2,(H,19,20)(H,21,22)/t10-/m1/s1. The lowest BCUT2D eigenvalue weighted by atomic mass is 10.1. The van der Waals surface area contributed by atoms with E-state index in [4.69, 9.17) is 9.84 Å². The summed E-state index contributed by atoms with van der Waals surface area (Å²) in [6.45, 7) is 0.838. The second kappa shape index (κ2) is 6.91. The number of ether oxygens (including phenoxy) is 1. The molecule has 0 radical (unpaired) electrons. The fraction of sp³-hybridized carbons (Fsp3) is 0.400. The number of fused-ring (bicyclic) bond motifs is 1. The molecule has 0 aliphatic carbocycles. The molecule has 1 fully saturated rings. The Morgan fingerprint density at radius 3 is 2.88 bits per heavy atom. The zero-order valence-electron chi connectivity index (χ0n) is 12.8. The molecule has 3 rings (SSSR count). The van der Waals surface area contributed by atoms with Gasteiger partial charge < -0.3 is 24.7 Å². The first-order valence-corrected chi connectivity index (χ1v) is 8.36. The predicted octanol–water partition coefficient (Wildman–Crippen LogP) is 2.41. The van der Waals surface area contributed by atoms with Gasteiger partial charge in [-0.3, -0.25) is 4.98 Å². The highest BCUT2D eigenvalue weighted by Crippen LogP contribution is 2.29. The van der Waals surface area contributed by atoms with E-state index in [2.05, 4.69) is 4.98 Å². The maximum Gasteiger partial charge on any atom is 0.407 e. The molecule has 2 N–H and O–H groups in total. The van der Waals surface area contributed by atoms with Gasteiger partial charge in [0.15, 0.2) is 0 Å². The number of carbonyl (C=O) groups is 2. The third-order valence-electron chi connectivity index (χ3n) is 4.02. The molecule has 1 saturated heterocycles. The second-order valence-corrected chi connectivity index (χ2v) is 6.36. The van der Waals surface area contributed by atoms with Crippen LogP contribution in [0.5, 0.6) is 5.75 Å². The Morgan fingerprint density at radius 2 is 2.12 bits per heavy atom. The van der Waals surface area contributed by atoms with Gasteiger partial charge in [0, 0.05) is 32.3 Å². The summed E-state index contributed by atoms with van der Waals surface area (Å²) in [5.41, 5.74) is 0.861. The van der Waals surface area contributed by atoms with Crippen molar-refractivity contribution in [2.75, 3.05) is 26.2 Å². The van der Waals surface area contributed by atoms with Crippen LogP contribution in [0.15, 0.2) is 23.7 Å². The van der Waals surface area contributed by atoms with Crippen molar-refractivity contribution in [3.05, 3.63) is 23.7 Å². The van der Waals surface area contributed by atoms with E-state index in [0.717, 1.165) is 10.2 Å². The Bertz CT molecular complexity index is 750. The Morgan fingerprint density at radius 1 is 1.29 bits per heavy atom. The van der Waals surface area contributed by atoms with E-state index in [1.165, 1.54) is 21.1 Å². The van der Waals surface area contributed by atoms with Crippen LogP contribution in [-0.4, -0.2) is 69.5 Å². The summed E-state index contributed by atoms with van der Waals surface area (Å²) < 4.78 is 6.74. The van der Waals surface area contributed by atoms with Gasteiger partial charge in [0.1, 0.15) is 5.75 Å². The van der Waals surface area contributed by atoms with Gasteiger partial charge in [0.25, 0.3) is 0 Å². The maximum absolute atomic E-state index is 11.3. The van der Waals surface area contributed by atoms with Crippen molar-refractivity contribution in [2.45, 2.75) is 12.5 Å². The molecule has 24 heavy (non-hydrogen) atoms. The highest BCUT2D eigenvalue weighted by Gasteiger charge is 2.32. The fourth-order valence-electron chi connectivity index (χ4n) is 2.80. The minimum atomic E-state index is -1.03. The number of thiophene rings is 1. The summed E-state index contributed by atoms with van der Waals surface area (Å²) in [4.78, 5) is 29.2.